The maximum atomic E-state index is 11.8. The summed E-state index contributed by atoms with van der Waals surface area (Å²) < 4.78 is 10.6. The Hall–Kier alpha value is -0.650. The summed E-state index contributed by atoms with van der Waals surface area (Å²) in [5.74, 6) is -0.159. The number of nitrogens with one attached hydrogen (secondary N) is 1. The Kier molecular flexibility index (Phi) is 8.11. The lowest BCUT2D eigenvalue weighted by molar-refractivity contribution is -0.143. The lowest BCUT2D eigenvalue weighted by atomic mass is 10.1. The fraction of sp³-hybridized carbons (Fsp3) is 0.933. The molecule has 0 saturated carbocycles. The summed E-state index contributed by atoms with van der Waals surface area (Å²) in [6.45, 7) is 9.87. The van der Waals surface area contributed by atoms with E-state index in [1.165, 1.54) is 7.11 Å². The van der Waals surface area contributed by atoms with Gasteiger partial charge >= 0.3 is 5.97 Å². The second-order valence-electron chi connectivity index (χ2n) is 5.52. The van der Waals surface area contributed by atoms with E-state index in [9.17, 15) is 4.79 Å². The highest BCUT2D eigenvalue weighted by Gasteiger charge is 2.27. The summed E-state index contributed by atoms with van der Waals surface area (Å²) in [5, 5.41) is 3.27. The Morgan fingerprint density at radius 3 is 2.85 bits per heavy atom. The maximum Gasteiger partial charge on any atom is 0.322 e. The molecule has 0 bridgehead atoms. The van der Waals surface area contributed by atoms with Crippen LogP contribution in [0.1, 0.15) is 40.0 Å². The molecule has 0 aromatic carbocycles. The third-order valence-electron chi connectivity index (χ3n) is 3.88. The van der Waals surface area contributed by atoms with Gasteiger partial charge in [0.15, 0.2) is 0 Å². The van der Waals surface area contributed by atoms with Crippen molar-refractivity contribution >= 4 is 5.97 Å². The van der Waals surface area contributed by atoms with Gasteiger partial charge in [0, 0.05) is 19.1 Å². The average molecular weight is 286 g/mol. The molecule has 1 aliphatic rings. The molecule has 3 unspecified atom stereocenters. The predicted octanol–water partition coefficient (Wildman–Crippen LogP) is 1.42. The van der Waals surface area contributed by atoms with Crippen LogP contribution < -0.4 is 5.32 Å². The second-order valence-corrected chi connectivity index (χ2v) is 5.52. The molecule has 0 spiro atoms. The quantitative estimate of drug-likeness (QED) is 0.684. The molecule has 1 fully saturated rings. The van der Waals surface area contributed by atoms with Crippen LogP contribution in [0.3, 0.4) is 0 Å². The van der Waals surface area contributed by atoms with Crippen molar-refractivity contribution in [3.8, 4) is 0 Å². The average Bonchev–Trinajstić information content (AvgIpc) is 2.46. The van der Waals surface area contributed by atoms with Crippen LogP contribution >= 0.6 is 0 Å². The summed E-state index contributed by atoms with van der Waals surface area (Å²) in [7, 11) is 1.45. The number of hydrogen-bond acceptors (Lipinski definition) is 5. The first-order valence-electron chi connectivity index (χ1n) is 7.79. The van der Waals surface area contributed by atoms with Gasteiger partial charge in [-0.2, -0.15) is 0 Å². The Bertz CT molecular complexity index is 286. The predicted molar refractivity (Wildman–Crippen MR) is 79.8 cm³/mol. The first kappa shape index (κ1) is 17.4. The van der Waals surface area contributed by atoms with Gasteiger partial charge in [-0.3, -0.25) is 9.69 Å². The van der Waals surface area contributed by atoms with Crippen molar-refractivity contribution < 1.29 is 14.3 Å². The Morgan fingerprint density at radius 2 is 2.25 bits per heavy atom. The number of rotatable bonds is 8. The van der Waals surface area contributed by atoms with Gasteiger partial charge in [-0.15, -0.1) is 0 Å². The number of esters is 1. The molecule has 0 aromatic rings. The molecule has 1 heterocycles. The van der Waals surface area contributed by atoms with Gasteiger partial charge in [0.25, 0.3) is 0 Å². The standard InChI is InChI=1S/C15H30N2O3/c1-5-8-16-14(15(18)19-4)7-9-17-10-12(3)20-11-13(17)6-2/h12-14,16H,5-11H2,1-4H3. The van der Waals surface area contributed by atoms with E-state index in [1.54, 1.807) is 0 Å². The van der Waals surface area contributed by atoms with Crippen LogP contribution in [-0.2, 0) is 14.3 Å². The largest absolute Gasteiger partial charge is 0.468 e. The fourth-order valence-corrected chi connectivity index (χ4v) is 2.62. The number of carbonyl (C=O) groups is 1. The molecule has 5 nitrogen and oxygen atoms in total. The summed E-state index contributed by atoms with van der Waals surface area (Å²) in [5.41, 5.74) is 0. The first-order valence-corrected chi connectivity index (χ1v) is 7.79. The van der Waals surface area contributed by atoms with Crippen molar-refractivity contribution in [2.45, 2.75) is 58.2 Å². The highest BCUT2D eigenvalue weighted by Crippen LogP contribution is 2.15. The number of carbonyl (C=O) groups excluding carboxylic acids is 1. The van der Waals surface area contributed by atoms with Crippen LogP contribution in [0.15, 0.2) is 0 Å². The number of hydrogen-bond donors (Lipinski definition) is 1. The van der Waals surface area contributed by atoms with E-state index in [2.05, 4.69) is 31.0 Å². The lowest BCUT2D eigenvalue weighted by Gasteiger charge is -2.38. The zero-order valence-electron chi connectivity index (χ0n) is 13.4. The van der Waals surface area contributed by atoms with Crippen molar-refractivity contribution in [3.05, 3.63) is 0 Å². The van der Waals surface area contributed by atoms with Gasteiger partial charge in [-0.25, -0.2) is 0 Å². The Labute approximate surface area is 123 Å². The van der Waals surface area contributed by atoms with E-state index in [1.807, 2.05) is 0 Å². The van der Waals surface area contributed by atoms with E-state index in [4.69, 9.17) is 9.47 Å². The molecule has 5 heteroatoms. The molecule has 1 aliphatic heterocycles. The Morgan fingerprint density at radius 1 is 1.50 bits per heavy atom. The van der Waals surface area contributed by atoms with Crippen LogP contribution in [0.4, 0.5) is 0 Å². The molecule has 0 aromatic heterocycles. The highest BCUT2D eigenvalue weighted by atomic mass is 16.5. The molecule has 118 valence electrons. The summed E-state index contributed by atoms with van der Waals surface area (Å²) in [6, 6.07) is 0.270. The van der Waals surface area contributed by atoms with E-state index in [0.29, 0.717) is 6.04 Å². The molecule has 0 amide bonds. The summed E-state index contributed by atoms with van der Waals surface area (Å²) in [6.07, 6.45) is 3.16. The zero-order valence-corrected chi connectivity index (χ0v) is 13.4. The summed E-state index contributed by atoms with van der Waals surface area (Å²) >= 11 is 0. The minimum atomic E-state index is -0.199. The second kappa shape index (κ2) is 9.32. The molecule has 3 atom stereocenters. The minimum Gasteiger partial charge on any atom is -0.468 e. The third-order valence-corrected chi connectivity index (χ3v) is 3.88. The van der Waals surface area contributed by atoms with Gasteiger partial charge in [0.1, 0.15) is 6.04 Å². The van der Waals surface area contributed by atoms with Crippen molar-refractivity contribution in [3.63, 3.8) is 0 Å². The van der Waals surface area contributed by atoms with Gasteiger partial charge < -0.3 is 14.8 Å². The monoisotopic (exact) mass is 286 g/mol. The van der Waals surface area contributed by atoms with Crippen LogP contribution in [0.5, 0.6) is 0 Å². The molecule has 0 aliphatic carbocycles. The SMILES string of the molecule is CCCNC(CCN1CC(C)OCC1CC)C(=O)OC. The number of methoxy groups -OCH3 is 1. The van der Waals surface area contributed by atoms with Crippen LogP contribution in [0.25, 0.3) is 0 Å². The number of ether oxygens (including phenoxy) is 2. The molecule has 1 N–H and O–H groups in total. The normalized spacial score (nSPS) is 25.4. The van der Waals surface area contributed by atoms with Crippen LogP contribution in [0.2, 0.25) is 0 Å². The smallest absolute Gasteiger partial charge is 0.322 e. The van der Waals surface area contributed by atoms with E-state index in [0.717, 1.165) is 45.5 Å². The topological polar surface area (TPSA) is 50.8 Å². The van der Waals surface area contributed by atoms with Crippen molar-refractivity contribution in [2.75, 3.05) is 33.4 Å². The fourth-order valence-electron chi connectivity index (χ4n) is 2.62. The van der Waals surface area contributed by atoms with Crippen molar-refractivity contribution in [2.24, 2.45) is 0 Å². The van der Waals surface area contributed by atoms with E-state index in [-0.39, 0.29) is 18.1 Å². The van der Waals surface area contributed by atoms with Crippen molar-refractivity contribution in [1.82, 2.24) is 10.2 Å². The maximum absolute atomic E-state index is 11.8. The minimum absolute atomic E-state index is 0.159. The first-order chi connectivity index (χ1) is 9.62. The van der Waals surface area contributed by atoms with Gasteiger partial charge in [0.05, 0.1) is 19.8 Å². The van der Waals surface area contributed by atoms with Crippen LogP contribution in [-0.4, -0.2) is 62.4 Å². The molecule has 1 rings (SSSR count). The van der Waals surface area contributed by atoms with E-state index < -0.39 is 0 Å². The van der Waals surface area contributed by atoms with Crippen LogP contribution in [0, 0.1) is 0 Å². The Balaban J connectivity index is 2.48. The van der Waals surface area contributed by atoms with Crippen molar-refractivity contribution in [1.29, 1.82) is 0 Å². The third kappa shape index (κ3) is 5.38. The van der Waals surface area contributed by atoms with Gasteiger partial charge in [-0.1, -0.05) is 13.8 Å². The molecule has 20 heavy (non-hydrogen) atoms. The number of morpholine rings is 1. The van der Waals surface area contributed by atoms with Gasteiger partial charge in [0.2, 0.25) is 0 Å². The molecular weight excluding hydrogens is 256 g/mol. The summed E-state index contributed by atoms with van der Waals surface area (Å²) in [4.78, 5) is 14.2. The van der Waals surface area contributed by atoms with Gasteiger partial charge in [-0.05, 0) is 32.7 Å². The molecule has 0 radical (unpaired) electrons. The van der Waals surface area contributed by atoms with E-state index >= 15 is 0 Å². The molecule has 1 saturated heterocycles. The lowest BCUT2D eigenvalue weighted by Crippen LogP contribution is -2.50. The highest BCUT2D eigenvalue weighted by molar-refractivity contribution is 5.75. The zero-order chi connectivity index (χ0) is 15.0. The number of nitrogens with zero attached hydrogens (tertiary/aromatic N) is 1. The molecular formula is C15H30N2O3.